The number of aromatic nitrogens is 2. The third-order valence-corrected chi connectivity index (χ3v) is 8.86. The molecule has 1 aromatic heterocycles. The fourth-order valence-electron chi connectivity index (χ4n) is 5.26. The fourth-order valence-corrected chi connectivity index (χ4v) is 6.22. The van der Waals surface area contributed by atoms with Crippen LogP contribution in [0.1, 0.15) is 38.2 Å². The quantitative estimate of drug-likeness (QED) is 0.148. The Bertz CT molecular complexity index is 2010. The average Bonchev–Trinajstić information content (AvgIpc) is 3.10. The molecule has 0 saturated carbocycles. The lowest BCUT2D eigenvalue weighted by Gasteiger charge is -2.28. The normalized spacial score (nSPS) is 13.1. The summed E-state index contributed by atoms with van der Waals surface area (Å²) in [6, 6.07) is 27.3. The molecule has 0 fully saturated rings. The van der Waals surface area contributed by atoms with Crippen molar-refractivity contribution in [2.75, 3.05) is 10.2 Å². The summed E-state index contributed by atoms with van der Waals surface area (Å²) in [7, 11) is 0. The Labute approximate surface area is 291 Å². The first kappa shape index (κ1) is 34.3. The standard InChI is InChI=1S/C39H31F4N5OS/c1-26-33(19-31-21-44-25-45-22-31)23-48(38(46-26)50-24-30-6-12-34(40)13-7-30)36-16-10-32(11-17-36)37(49)47-35-14-8-28(9-15-35)18-27-2-4-29(5-3-27)20-39(41,42)43/h2-17,21-23,25H,1,18-20,24H2,(H,47,49). The molecule has 0 bridgehead atoms. The zero-order chi connectivity index (χ0) is 35.1. The minimum absolute atomic E-state index is 0.225. The number of aliphatic imine (C=N–C) groups is 1. The van der Waals surface area contributed by atoms with Crippen LogP contribution in [0.4, 0.5) is 28.9 Å². The van der Waals surface area contributed by atoms with Gasteiger partial charge in [0.2, 0.25) is 0 Å². The van der Waals surface area contributed by atoms with Crippen LogP contribution in [0.25, 0.3) is 0 Å². The van der Waals surface area contributed by atoms with Gasteiger partial charge in [0.1, 0.15) is 12.1 Å². The first-order chi connectivity index (χ1) is 24.1. The number of benzene rings is 4. The van der Waals surface area contributed by atoms with E-state index in [1.54, 1.807) is 60.9 Å². The molecule has 4 aromatic carbocycles. The third kappa shape index (κ3) is 9.32. The van der Waals surface area contributed by atoms with Gasteiger partial charge in [-0.05, 0) is 88.3 Å². The molecule has 0 unspecified atom stereocenters. The van der Waals surface area contributed by atoms with E-state index in [0.29, 0.717) is 40.7 Å². The lowest BCUT2D eigenvalue weighted by molar-refractivity contribution is -0.127. The highest BCUT2D eigenvalue weighted by molar-refractivity contribution is 8.13. The molecule has 1 amide bonds. The number of hydrogen-bond donors (Lipinski definition) is 1. The van der Waals surface area contributed by atoms with E-state index in [9.17, 15) is 22.4 Å². The predicted molar refractivity (Wildman–Crippen MR) is 190 cm³/mol. The number of halogens is 4. The molecular formula is C39H31F4N5OS. The molecule has 11 heteroatoms. The number of thioether (sulfide) groups is 1. The van der Waals surface area contributed by atoms with Crippen molar-refractivity contribution in [3.63, 3.8) is 0 Å². The zero-order valence-corrected chi connectivity index (χ0v) is 27.5. The summed E-state index contributed by atoms with van der Waals surface area (Å²) in [5.74, 6) is -0.0141. The number of rotatable bonds is 10. The van der Waals surface area contributed by atoms with Crippen molar-refractivity contribution in [2.45, 2.75) is 31.2 Å². The second-order valence-corrected chi connectivity index (χ2v) is 12.6. The van der Waals surface area contributed by atoms with Gasteiger partial charge in [-0.2, -0.15) is 13.2 Å². The molecule has 1 N–H and O–H groups in total. The van der Waals surface area contributed by atoms with Crippen molar-refractivity contribution >= 4 is 34.2 Å². The van der Waals surface area contributed by atoms with E-state index in [1.165, 1.54) is 42.4 Å². The Kier molecular flexibility index (Phi) is 10.5. The Morgan fingerprint density at radius 3 is 2.00 bits per heavy atom. The molecule has 0 aliphatic carbocycles. The Balaban J connectivity index is 1.12. The molecule has 50 heavy (non-hydrogen) atoms. The first-order valence-corrected chi connectivity index (χ1v) is 16.6. The number of carbonyl (C=O) groups excluding carboxylic acids is 1. The van der Waals surface area contributed by atoms with Gasteiger partial charge in [-0.1, -0.05) is 66.9 Å². The minimum Gasteiger partial charge on any atom is -0.322 e. The van der Waals surface area contributed by atoms with Crippen molar-refractivity contribution in [2.24, 2.45) is 4.99 Å². The minimum atomic E-state index is -4.24. The van der Waals surface area contributed by atoms with E-state index in [0.717, 1.165) is 33.5 Å². The van der Waals surface area contributed by atoms with Crippen molar-refractivity contribution in [1.29, 1.82) is 0 Å². The van der Waals surface area contributed by atoms with Gasteiger partial charge in [0.25, 0.3) is 5.91 Å². The summed E-state index contributed by atoms with van der Waals surface area (Å²) >= 11 is 1.49. The number of amidine groups is 1. The van der Waals surface area contributed by atoms with E-state index in [2.05, 4.69) is 21.9 Å². The van der Waals surface area contributed by atoms with Crippen LogP contribution in [0.3, 0.4) is 0 Å². The summed E-state index contributed by atoms with van der Waals surface area (Å²) in [5.41, 5.74) is 7.30. The highest BCUT2D eigenvalue weighted by Crippen LogP contribution is 2.31. The van der Waals surface area contributed by atoms with Crippen LogP contribution in [0.5, 0.6) is 0 Å². The Morgan fingerprint density at radius 1 is 0.760 bits per heavy atom. The number of carbonyl (C=O) groups is 1. The molecule has 2 heterocycles. The van der Waals surface area contributed by atoms with Crippen LogP contribution in [0.15, 0.2) is 145 Å². The molecule has 1 aliphatic rings. The van der Waals surface area contributed by atoms with E-state index in [1.807, 2.05) is 35.4 Å². The van der Waals surface area contributed by atoms with Gasteiger partial charge in [0, 0.05) is 47.7 Å². The van der Waals surface area contributed by atoms with Gasteiger partial charge in [-0.3, -0.25) is 9.69 Å². The lowest BCUT2D eigenvalue weighted by atomic mass is 10.0. The fraction of sp³-hybridized carbons (Fsp3) is 0.128. The van der Waals surface area contributed by atoms with E-state index >= 15 is 0 Å². The summed E-state index contributed by atoms with van der Waals surface area (Å²) in [5, 5.41) is 3.60. The number of hydrogen-bond acceptors (Lipinski definition) is 6. The van der Waals surface area contributed by atoms with E-state index < -0.39 is 12.6 Å². The predicted octanol–water partition coefficient (Wildman–Crippen LogP) is 9.31. The zero-order valence-electron chi connectivity index (χ0n) is 26.7. The third-order valence-electron chi connectivity index (χ3n) is 7.84. The molecule has 252 valence electrons. The van der Waals surface area contributed by atoms with Gasteiger partial charge >= 0.3 is 6.18 Å². The molecular weight excluding hydrogens is 663 g/mol. The molecule has 0 saturated heterocycles. The smallest absolute Gasteiger partial charge is 0.322 e. The van der Waals surface area contributed by atoms with Crippen LogP contribution in [0.2, 0.25) is 0 Å². The van der Waals surface area contributed by atoms with Gasteiger partial charge in [0.15, 0.2) is 5.17 Å². The molecule has 5 aromatic rings. The molecule has 0 atom stereocenters. The second kappa shape index (κ2) is 15.3. The van der Waals surface area contributed by atoms with E-state index in [4.69, 9.17) is 4.99 Å². The van der Waals surface area contributed by atoms with Gasteiger partial charge in [0.05, 0.1) is 12.1 Å². The van der Waals surface area contributed by atoms with Crippen LogP contribution in [-0.4, -0.2) is 27.2 Å². The maximum Gasteiger partial charge on any atom is 0.393 e. The largest absolute Gasteiger partial charge is 0.393 e. The molecule has 0 radical (unpaired) electrons. The summed E-state index contributed by atoms with van der Waals surface area (Å²) in [6.07, 6.45) is 2.84. The molecule has 6 rings (SSSR count). The maximum atomic E-state index is 13.5. The van der Waals surface area contributed by atoms with Gasteiger partial charge in [-0.25, -0.2) is 19.4 Å². The molecule has 1 aliphatic heterocycles. The Morgan fingerprint density at radius 2 is 1.36 bits per heavy atom. The number of nitrogens with one attached hydrogen (secondary N) is 1. The number of allylic oxidation sites excluding steroid dienone is 1. The topological polar surface area (TPSA) is 70.5 Å². The monoisotopic (exact) mass is 693 g/mol. The van der Waals surface area contributed by atoms with Gasteiger partial charge in [-0.15, -0.1) is 0 Å². The average molecular weight is 694 g/mol. The van der Waals surface area contributed by atoms with Crippen molar-refractivity contribution < 1.29 is 22.4 Å². The van der Waals surface area contributed by atoms with Crippen molar-refractivity contribution in [3.05, 3.63) is 179 Å². The second-order valence-electron chi connectivity index (χ2n) is 11.7. The van der Waals surface area contributed by atoms with Crippen LogP contribution < -0.4 is 10.2 Å². The van der Waals surface area contributed by atoms with Crippen molar-refractivity contribution in [3.8, 4) is 0 Å². The van der Waals surface area contributed by atoms with Crippen molar-refractivity contribution in [1.82, 2.24) is 9.97 Å². The van der Waals surface area contributed by atoms with E-state index in [-0.39, 0.29) is 17.3 Å². The summed E-state index contributed by atoms with van der Waals surface area (Å²) in [4.78, 5) is 28.2. The molecule has 0 spiro atoms. The lowest BCUT2D eigenvalue weighted by Crippen LogP contribution is -2.27. The van der Waals surface area contributed by atoms with Crippen LogP contribution >= 0.6 is 11.8 Å². The number of alkyl halides is 3. The Hall–Kier alpha value is -5.55. The molecule has 6 nitrogen and oxygen atoms in total. The highest BCUT2D eigenvalue weighted by atomic mass is 32.2. The summed E-state index contributed by atoms with van der Waals surface area (Å²) in [6.45, 7) is 4.18. The van der Waals surface area contributed by atoms with Crippen LogP contribution in [0, 0.1) is 5.82 Å². The summed E-state index contributed by atoms with van der Waals surface area (Å²) < 4.78 is 51.4. The first-order valence-electron chi connectivity index (χ1n) is 15.6. The maximum absolute atomic E-state index is 13.5. The highest BCUT2D eigenvalue weighted by Gasteiger charge is 2.27. The number of nitrogens with zero attached hydrogens (tertiary/aromatic N) is 4. The number of amides is 1. The number of anilines is 2. The van der Waals surface area contributed by atoms with Gasteiger partial charge < -0.3 is 5.32 Å². The van der Waals surface area contributed by atoms with Crippen LogP contribution in [-0.2, 0) is 25.0 Å². The SMILES string of the molecule is C=C1N=C(SCc2ccc(F)cc2)N(c2ccc(C(=O)Nc3ccc(Cc4ccc(CC(F)(F)F)cc4)cc3)cc2)C=C1Cc1cncnc1.